The van der Waals surface area contributed by atoms with Crippen molar-refractivity contribution in [2.45, 2.75) is 59.5 Å². The molecule has 1 heterocycles. The lowest BCUT2D eigenvalue weighted by Gasteiger charge is -2.24. The van der Waals surface area contributed by atoms with Crippen LogP contribution in [-0.4, -0.2) is 36.0 Å². The molecule has 0 unspecified atom stereocenters. The minimum Gasteiger partial charge on any atom is -0.465 e. The number of hydrogen-bond donors (Lipinski definition) is 0. The van der Waals surface area contributed by atoms with E-state index in [1.54, 1.807) is 0 Å². The maximum atomic E-state index is 7.11. The molecule has 28 heavy (non-hydrogen) atoms. The molecule has 0 aliphatic rings. The lowest BCUT2D eigenvalue weighted by Crippen LogP contribution is -2.28. The molecular weight excluding hydrogens is 346 g/mol. The highest BCUT2D eigenvalue weighted by atomic mass is 16.3. The van der Waals surface area contributed by atoms with Crippen LogP contribution in [0.5, 0.6) is 0 Å². The van der Waals surface area contributed by atoms with Crippen molar-refractivity contribution in [3.8, 4) is 0 Å². The van der Waals surface area contributed by atoms with Gasteiger partial charge in [0.2, 0.25) is 0 Å². The van der Waals surface area contributed by atoms with Gasteiger partial charge in [0.25, 0.3) is 0 Å². The second kappa shape index (κ2) is 12.4. The van der Waals surface area contributed by atoms with E-state index in [4.69, 9.17) is 11.0 Å². The first-order valence-corrected chi connectivity index (χ1v) is 10.6. The van der Waals surface area contributed by atoms with E-state index < -0.39 is 0 Å². The van der Waals surface area contributed by atoms with Crippen molar-refractivity contribution in [2.75, 3.05) is 26.2 Å². The van der Waals surface area contributed by atoms with Crippen molar-refractivity contribution < 1.29 is 4.42 Å². The Morgan fingerprint density at radius 2 is 1.46 bits per heavy atom. The van der Waals surface area contributed by atoms with Crippen molar-refractivity contribution in [2.24, 2.45) is 0 Å². The zero-order valence-electron chi connectivity index (χ0n) is 17.8. The Kier molecular flexibility index (Phi) is 9.82. The minimum absolute atomic E-state index is 0.698. The summed E-state index contributed by atoms with van der Waals surface area (Å²) in [5.74, 6) is 1.99. The zero-order valence-corrected chi connectivity index (χ0v) is 17.8. The summed E-state index contributed by atoms with van der Waals surface area (Å²) < 4.78 is 5.81. The molecule has 0 aliphatic heterocycles. The summed E-state index contributed by atoms with van der Waals surface area (Å²) in [4.78, 5) is 8.53. The number of furan rings is 1. The van der Waals surface area contributed by atoms with Gasteiger partial charge in [-0.3, -0.25) is 4.90 Å². The van der Waals surface area contributed by atoms with Gasteiger partial charge in [-0.1, -0.05) is 38.1 Å². The largest absolute Gasteiger partial charge is 0.465 e. The van der Waals surface area contributed by atoms with Gasteiger partial charge in [-0.25, -0.2) is 4.85 Å². The van der Waals surface area contributed by atoms with Gasteiger partial charge < -0.3 is 9.32 Å². The van der Waals surface area contributed by atoms with E-state index in [1.165, 1.54) is 50.9 Å². The van der Waals surface area contributed by atoms with Gasteiger partial charge >= 0.3 is 0 Å². The first-order valence-electron chi connectivity index (χ1n) is 10.6. The van der Waals surface area contributed by atoms with Crippen molar-refractivity contribution in [1.29, 1.82) is 0 Å². The fourth-order valence-electron chi connectivity index (χ4n) is 3.58. The molecule has 2 aromatic rings. The molecule has 0 amide bonds. The van der Waals surface area contributed by atoms with E-state index in [0.717, 1.165) is 31.2 Å². The lowest BCUT2D eigenvalue weighted by molar-refractivity contribution is 0.217. The van der Waals surface area contributed by atoms with E-state index in [9.17, 15) is 0 Å². The SMILES string of the molecule is [C-]#[N+]c1ccc(CN(CCCCN(CCC)CCC)Cc2ccc(C)o2)cc1. The molecule has 0 saturated carbocycles. The molecule has 0 N–H and O–H groups in total. The lowest BCUT2D eigenvalue weighted by atomic mass is 10.1. The van der Waals surface area contributed by atoms with E-state index in [0.29, 0.717) is 5.69 Å². The van der Waals surface area contributed by atoms with Crippen LogP contribution < -0.4 is 0 Å². The summed E-state index contributed by atoms with van der Waals surface area (Å²) in [5.41, 5.74) is 1.94. The number of rotatable bonds is 13. The summed E-state index contributed by atoms with van der Waals surface area (Å²) in [6, 6.07) is 12.1. The Labute approximate surface area is 171 Å². The molecular formula is C24H35N3O. The highest BCUT2D eigenvalue weighted by Gasteiger charge is 2.11. The molecule has 0 atom stereocenters. The Morgan fingerprint density at radius 3 is 2.00 bits per heavy atom. The summed E-state index contributed by atoms with van der Waals surface area (Å²) in [7, 11) is 0. The predicted octanol–water partition coefficient (Wildman–Crippen LogP) is 6.04. The third-order valence-corrected chi connectivity index (χ3v) is 4.93. The summed E-state index contributed by atoms with van der Waals surface area (Å²) >= 11 is 0. The Hall–Kier alpha value is -2.09. The van der Waals surface area contributed by atoms with E-state index >= 15 is 0 Å². The van der Waals surface area contributed by atoms with Gasteiger partial charge in [0.05, 0.1) is 13.1 Å². The maximum absolute atomic E-state index is 7.11. The Balaban J connectivity index is 1.90. The highest BCUT2D eigenvalue weighted by Crippen LogP contribution is 2.17. The third kappa shape index (κ3) is 7.88. The fraction of sp³-hybridized carbons (Fsp3) is 0.542. The second-order valence-corrected chi connectivity index (χ2v) is 7.55. The maximum Gasteiger partial charge on any atom is 0.187 e. The van der Waals surface area contributed by atoms with Gasteiger partial charge in [0.15, 0.2) is 5.69 Å². The Bertz CT molecular complexity index is 708. The zero-order chi connectivity index (χ0) is 20.2. The highest BCUT2D eigenvalue weighted by molar-refractivity contribution is 5.45. The van der Waals surface area contributed by atoms with Crippen LogP contribution in [0.25, 0.3) is 4.85 Å². The van der Waals surface area contributed by atoms with Crippen LogP contribution in [-0.2, 0) is 13.1 Å². The van der Waals surface area contributed by atoms with Crippen LogP contribution in [0.1, 0.15) is 56.6 Å². The Morgan fingerprint density at radius 1 is 0.821 bits per heavy atom. The molecule has 0 saturated heterocycles. The normalized spacial score (nSPS) is 11.3. The van der Waals surface area contributed by atoms with Crippen molar-refractivity contribution in [3.63, 3.8) is 0 Å². The van der Waals surface area contributed by atoms with Gasteiger partial charge in [-0.05, 0) is 76.5 Å². The molecule has 0 fully saturated rings. The van der Waals surface area contributed by atoms with Crippen molar-refractivity contribution in [3.05, 3.63) is 64.9 Å². The molecule has 0 bridgehead atoms. The van der Waals surface area contributed by atoms with Gasteiger partial charge in [-0.2, -0.15) is 0 Å². The van der Waals surface area contributed by atoms with Crippen LogP contribution in [0.15, 0.2) is 40.8 Å². The molecule has 1 aromatic carbocycles. The number of hydrogen-bond acceptors (Lipinski definition) is 3. The predicted molar refractivity (Wildman–Crippen MR) is 117 cm³/mol. The molecule has 2 rings (SSSR count). The van der Waals surface area contributed by atoms with E-state index in [1.807, 2.05) is 25.1 Å². The minimum atomic E-state index is 0.698. The van der Waals surface area contributed by atoms with Crippen LogP contribution in [0.2, 0.25) is 0 Å². The van der Waals surface area contributed by atoms with Crippen molar-refractivity contribution >= 4 is 5.69 Å². The monoisotopic (exact) mass is 381 g/mol. The molecule has 0 radical (unpaired) electrons. The van der Waals surface area contributed by atoms with Crippen LogP contribution in [0, 0.1) is 13.5 Å². The number of nitrogens with zero attached hydrogens (tertiary/aromatic N) is 3. The topological polar surface area (TPSA) is 24.0 Å². The first kappa shape index (κ1) is 22.2. The van der Waals surface area contributed by atoms with Crippen LogP contribution in [0.4, 0.5) is 5.69 Å². The van der Waals surface area contributed by atoms with Gasteiger partial charge in [-0.15, -0.1) is 0 Å². The van der Waals surface area contributed by atoms with E-state index in [-0.39, 0.29) is 0 Å². The summed E-state index contributed by atoms with van der Waals surface area (Å²) in [6.45, 7) is 20.0. The van der Waals surface area contributed by atoms with E-state index in [2.05, 4.69) is 46.7 Å². The first-order chi connectivity index (χ1) is 13.6. The quantitative estimate of drug-likeness (QED) is 0.312. The average Bonchev–Trinajstić information content (AvgIpc) is 3.10. The molecule has 0 aliphatic carbocycles. The van der Waals surface area contributed by atoms with Crippen LogP contribution >= 0.6 is 0 Å². The number of benzene rings is 1. The molecule has 0 spiro atoms. The van der Waals surface area contributed by atoms with Gasteiger partial charge in [0, 0.05) is 6.54 Å². The summed E-state index contributed by atoms with van der Waals surface area (Å²) in [6.07, 6.45) is 4.86. The third-order valence-electron chi connectivity index (χ3n) is 4.93. The molecule has 152 valence electrons. The van der Waals surface area contributed by atoms with Gasteiger partial charge in [0.1, 0.15) is 11.5 Å². The second-order valence-electron chi connectivity index (χ2n) is 7.55. The smallest absolute Gasteiger partial charge is 0.187 e. The molecule has 1 aromatic heterocycles. The standard InChI is InChI=1S/C24H35N3O/c1-5-15-26(16-6-2)17-7-8-18-27(20-24-14-9-21(3)28-24)19-22-10-12-23(25-4)13-11-22/h9-14H,5-8,15-20H2,1-3H3. The number of aryl methyl sites for hydroxylation is 1. The van der Waals surface area contributed by atoms with Crippen molar-refractivity contribution in [1.82, 2.24) is 9.80 Å². The molecule has 4 heteroatoms. The fourth-order valence-corrected chi connectivity index (χ4v) is 3.58. The average molecular weight is 382 g/mol. The molecule has 4 nitrogen and oxygen atoms in total. The van der Waals surface area contributed by atoms with Crippen LogP contribution in [0.3, 0.4) is 0 Å². The summed E-state index contributed by atoms with van der Waals surface area (Å²) in [5, 5.41) is 0. The number of unbranched alkanes of at least 4 members (excludes halogenated alkanes) is 1.